The van der Waals surface area contributed by atoms with Crippen molar-refractivity contribution in [1.29, 1.82) is 0 Å². The Hall–Kier alpha value is -3.46. The Morgan fingerprint density at radius 1 is 0.968 bits per heavy atom. The Morgan fingerprint density at radius 2 is 1.71 bits per heavy atom. The Balaban J connectivity index is 1.51. The van der Waals surface area contributed by atoms with Gasteiger partial charge in [-0.15, -0.1) is 0 Å². The largest absolute Gasteiger partial charge is 0.378 e. The highest BCUT2D eigenvalue weighted by Crippen LogP contribution is 2.32. The van der Waals surface area contributed by atoms with E-state index in [4.69, 9.17) is 4.74 Å². The van der Waals surface area contributed by atoms with Gasteiger partial charge in [-0.3, -0.25) is 19.7 Å². The number of hydrogen-bond donors (Lipinski definition) is 1. The fourth-order valence-corrected chi connectivity index (χ4v) is 3.92. The molecule has 2 heterocycles. The minimum Gasteiger partial charge on any atom is -0.378 e. The van der Waals surface area contributed by atoms with Gasteiger partial charge in [0, 0.05) is 49.1 Å². The lowest BCUT2D eigenvalue weighted by atomic mass is 10.1. The first kappa shape index (κ1) is 20.8. The zero-order valence-corrected chi connectivity index (χ0v) is 17.1. The maximum atomic E-state index is 12.7. The summed E-state index contributed by atoms with van der Waals surface area (Å²) in [6.07, 6.45) is 2.00. The average molecular weight is 424 g/mol. The van der Waals surface area contributed by atoms with Crippen LogP contribution in [0.5, 0.6) is 0 Å². The van der Waals surface area contributed by atoms with Crippen LogP contribution in [0.3, 0.4) is 0 Å². The minimum absolute atomic E-state index is 0.0780. The summed E-state index contributed by atoms with van der Waals surface area (Å²) in [5.74, 6) is -0.586. The third-order valence-corrected chi connectivity index (χ3v) is 5.55. The van der Waals surface area contributed by atoms with Crippen molar-refractivity contribution in [1.82, 2.24) is 4.90 Å². The number of ether oxygens (including phenoxy) is 1. The second kappa shape index (κ2) is 9.13. The molecule has 0 aliphatic carbocycles. The second-order valence-electron chi connectivity index (χ2n) is 7.59. The minimum atomic E-state index is -0.466. The van der Waals surface area contributed by atoms with E-state index in [1.807, 2.05) is 4.90 Å². The van der Waals surface area contributed by atoms with Crippen LogP contribution in [0.1, 0.15) is 33.6 Å². The molecule has 9 nitrogen and oxygen atoms in total. The highest BCUT2D eigenvalue weighted by atomic mass is 16.6. The predicted molar refractivity (Wildman–Crippen MR) is 116 cm³/mol. The first-order valence-electron chi connectivity index (χ1n) is 10.3. The first-order chi connectivity index (χ1) is 15.0. The average Bonchev–Trinajstić information content (AvgIpc) is 3.33. The normalized spacial score (nSPS) is 16.3. The molecule has 0 radical (unpaired) electrons. The van der Waals surface area contributed by atoms with Gasteiger partial charge in [-0.05, 0) is 43.2 Å². The van der Waals surface area contributed by atoms with Crippen LogP contribution in [0, 0.1) is 10.1 Å². The molecule has 0 unspecified atom stereocenters. The van der Waals surface area contributed by atoms with E-state index in [0.717, 1.165) is 25.9 Å². The van der Waals surface area contributed by atoms with Gasteiger partial charge in [-0.1, -0.05) is 6.07 Å². The fourth-order valence-electron chi connectivity index (χ4n) is 3.92. The molecule has 2 aliphatic rings. The molecule has 9 heteroatoms. The fraction of sp³-hybridized carbons (Fsp3) is 0.364. The summed E-state index contributed by atoms with van der Waals surface area (Å²) in [6.45, 7) is 3.63. The van der Waals surface area contributed by atoms with Crippen molar-refractivity contribution >= 4 is 28.9 Å². The van der Waals surface area contributed by atoms with Crippen LogP contribution < -0.4 is 10.2 Å². The number of nitrogens with zero attached hydrogens (tertiary/aromatic N) is 3. The molecule has 0 saturated carbocycles. The second-order valence-corrected chi connectivity index (χ2v) is 7.59. The van der Waals surface area contributed by atoms with Crippen molar-refractivity contribution in [3.8, 4) is 0 Å². The standard InChI is InChI=1S/C22H24N4O5/c27-21(16-6-7-19(20(15-16)26(29)30)24-8-1-2-9-24)23-18-5-3-4-17(14-18)22(28)25-10-12-31-13-11-25/h3-7,14-15H,1-2,8-13H2,(H,23,27). The van der Waals surface area contributed by atoms with Crippen LogP contribution in [0.4, 0.5) is 17.1 Å². The molecule has 2 amide bonds. The maximum Gasteiger partial charge on any atom is 0.293 e. The zero-order valence-electron chi connectivity index (χ0n) is 17.1. The molecule has 0 bridgehead atoms. The van der Waals surface area contributed by atoms with Gasteiger partial charge in [0.25, 0.3) is 17.5 Å². The Morgan fingerprint density at radius 3 is 2.42 bits per heavy atom. The van der Waals surface area contributed by atoms with Gasteiger partial charge >= 0.3 is 0 Å². The number of benzene rings is 2. The highest BCUT2D eigenvalue weighted by Gasteiger charge is 2.24. The molecule has 31 heavy (non-hydrogen) atoms. The predicted octanol–water partition coefficient (Wildman–Crippen LogP) is 2.92. The third kappa shape index (κ3) is 4.66. The van der Waals surface area contributed by atoms with Crippen LogP contribution in [0.15, 0.2) is 42.5 Å². The Bertz CT molecular complexity index is 997. The van der Waals surface area contributed by atoms with E-state index in [9.17, 15) is 19.7 Å². The highest BCUT2D eigenvalue weighted by molar-refractivity contribution is 6.06. The van der Waals surface area contributed by atoms with Gasteiger partial charge in [-0.25, -0.2) is 0 Å². The first-order valence-corrected chi connectivity index (χ1v) is 10.3. The van der Waals surface area contributed by atoms with Gasteiger partial charge in [0.1, 0.15) is 5.69 Å². The van der Waals surface area contributed by atoms with Crippen molar-refractivity contribution in [3.05, 3.63) is 63.7 Å². The van der Waals surface area contributed by atoms with Crippen LogP contribution in [0.2, 0.25) is 0 Å². The molecule has 0 aromatic heterocycles. The number of nitro benzene ring substituents is 1. The van der Waals surface area contributed by atoms with Gasteiger partial charge in [0.2, 0.25) is 0 Å². The van der Waals surface area contributed by atoms with E-state index >= 15 is 0 Å². The van der Waals surface area contributed by atoms with E-state index < -0.39 is 10.8 Å². The van der Waals surface area contributed by atoms with E-state index in [2.05, 4.69) is 5.32 Å². The van der Waals surface area contributed by atoms with Crippen LogP contribution in [-0.2, 0) is 4.74 Å². The molecule has 4 rings (SSSR count). The van der Waals surface area contributed by atoms with E-state index in [1.165, 1.54) is 6.07 Å². The number of nitrogens with one attached hydrogen (secondary N) is 1. The monoisotopic (exact) mass is 424 g/mol. The number of rotatable bonds is 5. The molecule has 2 fully saturated rings. The molecule has 2 aromatic carbocycles. The summed E-state index contributed by atoms with van der Waals surface area (Å²) in [4.78, 5) is 40.2. The molecule has 162 valence electrons. The summed E-state index contributed by atoms with van der Waals surface area (Å²) in [5, 5.41) is 14.3. The lowest BCUT2D eigenvalue weighted by molar-refractivity contribution is -0.384. The van der Waals surface area contributed by atoms with Crippen molar-refractivity contribution in [3.63, 3.8) is 0 Å². The van der Waals surface area contributed by atoms with Crippen molar-refractivity contribution in [2.45, 2.75) is 12.8 Å². The van der Waals surface area contributed by atoms with Gasteiger partial charge in [0.15, 0.2) is 0 Å². The summed E-state index contributed by atoms with van der Waals surface area (Å²) in [6, 6.07) is 11.2. The summed E-state index contributed by atoms with van der Waals surface area (Å²) < 4.78 is 5.28. The topological polar surface area (TPSA) is 105 Å². The molecular weight excluding hydrogens is 400 g/mol. The van der Waals surface area contributed by atoms with Crippen LogP contribution in [0.25, 0.3) is 0 Å². The van der Waals surface area contributed by atoms with Crippen molar-refractivity contribution in [2.75, 3.05) is 49.6 Å². The Labute approximate surface area is 179 Å². The number of amides is 2. The lowest BCUT2D eigenvalue weighted by Crippen LogP contribution is -2.40. The number of nitro groups is 1. The quantitative estimate of drug-likeness (QED) is 0.585. The third-order valence-electron chi connectivity index (χ3n) is 5.55. The number of carbonyl (C=O) groups is 2. The zero-order chi connectivity index (χ0) is 21.8. The summed E-state index contributed by atoms with van der Waals surface area (Å²) >= 11 is 0. The molecule has 1 N–H and O–H groups in total. The van der Waals surface area contributed by atoms with E-state index in [1.54, 1.807) is 41.3 Å². The molecule has 2 aromatic rings. The maximum absolute atomic E-state index is 12.7. The number of morpholine rings is 1. The van der Waals surface area contributed by atoms with Gasteiger partial charge in [-0.2, -0.15) is 0 Å². The van der Waals surface area contributed by atoms with Crippen LogP contribution in [-0.4, -0.2) is 61.0 Å². The van der Waals surface area contributed by atoms with E-state index in [0.29, 0.717) is 43.2 Å². The lowest BCUT2D eigenvalue weighted by Gasteiger charge is -2.27. The smallest absolute Gasteiger partial charge is 0.293 e. The van der Waals surface area contributed by atoms with Gasteiger partial charge < -0.3 is 19.9 Å². The summed E-state index contributed by atoms with van der Waals surface area (Å²) in [5.41, 5.74) is 1.58. The van der Waals surface area contributed by atoms with E-state index in [-0.39, 0.29) is 17.2 Å². The van der Waals surface area contributed by atoms with Crippen LogP contribution >= 0.6 is 0 Å². The van der Waals surface area contributed by atoms with Crippen molar-refractivity contribution in [2.24, 2.45) is 0 Å². The Kier molecular flexibility index (Phi) is 6.13. The van der Waals surface area contributed by atoms with Gasteiger partial charge in [0.05, 0.1) is 18.1 Å². The molecule has 0 spiro atoms. The molecule has 0 atom stereocenters. The molecule has 2 saturated heterocycles. The molecule has 2 aliphatic heterocycles. The number of carbonyl (C=O) groups excluding carboxylic acids is 2. The summed E-state index contributed by atoms with van der Waals surface area (Å²) in [7, 11) is 0. The number of anilines is 2. The molecular formula is C22H24N4O5. The number of hydrogen-bond acceptors (Lipinski definition) is 6. The van der Waals surface area contributed by atoms with Crippen molar-refractivity contribution < 1.29 is 19.2 Å². The SMILES string of the molecule is O=C(Nc1cccc(C(=O)N2CCOCC2)c1)c1ccc(N2CCCC2)c([N+](=O)[O-])c1.